The Kier molecular flexibility index (Phi) is 3.59. The zero-order valence-electron chi connectivity index (χ0n) is 11.7. The van der Waals surface area contributed by atoms with Gasteiger partial charge in [0.15, 0.2) is 0 Å². The molecule has 0 aromatic heterocycles. The molecule has 106 valence electrons. The molecular weight excluding hydrogens is 270 g/mol. The van der Waals surface area contributed by atoms with Crippen molar-refractivity contribution in [1.82, 2.24) is 4.90 Å². The van der Waals surface area contributed by atoms with Crippen molar-refractivity contribution in [3.8, 4) is 0 Å². The van der Waals surface area contributed by atoms with E-state index in [0.717, 1.165) is 29.9 Å². The molecule has 3 nitrogen and oxygen atoms in total. The van der Waals surface area contributed by atoms with E-state index >= 15 is 0 Å². The van der Waals surface area contributed by atoms with E-state index in [2.05, 4.69) is 19.1 Å². The lowest BCUT2D eigenvalue weighted by atomic mass is 9.86. The standard InChI is InChI=1S/C16H19NO2S/c1-2-12-4-3-5-13(8-12)10-17-14(18)9-16(15(17)19)6-7-20-11-16/h3-5,8H,2,6-7,9-11H2,1H3. The van der Waals surface area contributed by atoms with Gasteiger partial charge in [-0.3, -0.25) is 14.5 Å². The molecule has 2 amide bonds. The van der Waals surface area contributed by atoms with E-state index < -0.39 is 0 Å². The molecule has 1 unspecified atom stereocenters. The highest BCUT2D eigenvalue weighted by Crippen LogP contribution is 2.45. The summed E-state index contributed by atoms with van der Waals surface area (Å²) in [5.41, 5.74) is 1.91. The second-order valence-corrected chi connectivity index (χ2v) is 6.82. The van der Waals surface area contributed by atoms with Gasteiger partial charge in [-0.1, -0.05) is 31.2 Å². The number of hydrogen-bond donors (Lipinski definition) is 0. The molecule has 2 aliphatic rings. The summed E-state index contributed by atoms with van der Waals surface area (Å²) in [6, 6.07) is 8.16. The fourth-order valence-electron chi connectivity index (χ4n) is 3.07. The van der Waals surface area contributed by atoms with E-state index in [0.29, 0.717) is 13.0 Å². The van der Waals surface area contributed by atoms with Gasteiger partial charge in [-0.15, -0.1) is 0 Å². The zero-order chi connectivity index (χ0) is 14.2. The Morgan fingerprint density at radius 2 is 2.10 bits per heavy atom. The highest BCUT2D eigenvalue weighted by Gasteiger charge is 2.52. The van der Waals surface area contributed by atoms with Crippen molar-refractivity contribution in [2.24, 2.45) is 5.41 Å². The molecule has 2 heterocycles. The van der Waals surface area contributed by atoms with Crippen LogP contribution in [0.15, 0.2) is 24.3 Å². The Hall–Kier alpha value is -1.29. The van der Waals surface area contributed by atoms with Crippen LogP contribution in [0.1, 0.15) is 30.9 Å². The summed E-state index contributed by atoms with van der Waals surface area (Å²) in [4.78, 5) is 26.3. The third-order valence-electron chi connectivity index (χ3n) is 4.33. The maximum absolute atomic E-state index is 12.6. The van der Waals surface area contributed by atoms with Crippen molar-refractivity contribution < 1.29 is 9.59 Å². The van der Waals surface area contributed by atoms with Crippen LogP contribution >= 0.6 is 11.8 Å². The monoisotopic (exact) mass is 289 g/mol. The molecule has 20 heavy (non-hydrogen) atoms. The minimum atomic E-state index is -0.385. The number of likely N-dealkylation sites (tertiary alicyclic amines) is 1. The van der Waals surface area contributed by atoms with Crippen molar-refractivity contribution >= 4 is 23.6 Å². The Bertz CT molecular complexity index is 549. The SMILES string of the molecule is CCc1cccc(CN2C(=O)CC3(CCSC3)C2=O)c1. The Balaban J connectivity index is 1.80. The molecule has 1 spiro atoms. The Morgan fingerprint density at radius 3 is 2.80 bits per heavy atom. The maximum Gasteiger partial charge on any atom is 0.237 e. The molecule has 0 bridgehead atoms. The van der Waals surface area contributed by atoms with Crippen molar-refractivity contribution in [1.29, 1.82) is 0 Å². The van der Waals surface area contributed by atoms with Crippen LogP contribution in [0.4, 0.5) is 0 Å². The number of benzene rings is 1. The number of amides is 2. The van der Waals surface area contributed by atoms with Gasteiger partial charge in [0.05, 0.1) is 12.0 Å². The molecule has 2 aliphatic heterocycles. The molecule has 1 aromatic carbocycles. The van der Waals surface area contributed by atoms with E-state index in [9.17, 15) is 9.59 Å². The van der Waals surface area contributed by atoms with E-state index in [1.165, 1.54) is 10.5 Å². The van der Waals surface area contributed by atoms with Gasteiger partial charge in [-0.05, 0) is 29.7 Å². The topological polar surface area (TPSA) is 37.4 Å². The predicted octanol–water partition coefficient (Wildman–Crippen LogP) is 2.63. The van der Waals surface area contributed by atoms with Crippen molar-refractivity contribution in [2.45, 2.75) is 32.7 Å². The van der Waals surface area contributed by atoms with Gasteiger partial charge in [0.2, 0.25) is 11.8 Å². The third kappa shape index (κ3) is 2.26. The lowest BCUT2D eigenvalue weighted by Gasteiger charge is -2.20. The van der Waals surface area contributed by atoms with Crippen LogP contribution in [0.5, 0.6) is 0 Å². The van der Waals surface area contributed by atoms with Gasteiger partial charge in [-0.25, -0.2) is 0 Å². The lowest BCUT2D eigenvalue weighted by molar-refractivity contribution is -0.141. The minimum absolute atomic E-state index is 0.000554. The fourth-order valence-corrected chi connectivity index (χ4v) is 4.51. The first kappa shape index (κ1) is 13.7. The van der Waals surface area contributed by atoms with Crippen molar-refractivity contribution in [2.75, 3.05) is 11.5 Å². The first-order valence-corrected chi connectivity index (χ1v) is 8.30. The van der Waals surface area contributed by atoms with Crippen LogP contribution in [0.25, 0.3) is 0 Å². The molecule has 2 fully saturated rings. The maximum atomic E-state index is 12.6. The summed E-state index contributed by atoms with van der Waals surface area (Å²) in [6.45, 7) is 2.54. The lowest BCUT2D eigenvalue weighted by Crippen LogP contribution is -2.35. The molecule has 1 atom stereocenters. The van der Waals surface area contributed by atoms with Crippen molar-refractivity contribution in [3.63, 3.8) is 0 Å². The number of hydrogen-bond acceptors (Lipinski definition) is 3. The van der Waals surface area contributed by atoms with Gasteiger partial charge in [-0.2, -0.15) is 11.8 Å². The summed E-state index contributed by atoms with van der Waals surface area (Å²) in [7, 11) is 0. The van der Waals surface area contributed by atoms with E-state index in [1.54, 1.807) is 11.8 Å². The zero-order valence-corrected chi connectivity index (χ0v) is 12.5. The highest BCUT2D eigenvalue weighted by molar-refractivity contribution is 7.99. The summed E-state index contributed by atoms with van der Waals surface area (Å²) in [5, 5.41) is 0. The number of imide groups is 1. The van der Waals surface area contributed by atoms with Crippen LogP contribution in [-0.2, 0) is 22.6 Å². The first-order valence-electron chi connectivity index (χ1n) is 7.15. The molecule has 4 heteroatoms. The van der Waals surface area contributed by atoms with E-state index in [4.69, 9.17) is 0 Å². The number of thioether (sulfide) groups is 1. The van der Waals surface area contributed by atoms with Gasteiger partial charge < -0.3 is 0 Å². The first-order chi connectivity index (χ1) is 9.64. The largest absolute Gasteiger partial charge is 0.278 e. The predicted molar refractivity (Wildman–Crippen MR) is 80.4 cm³/mol. The summed E-state index contributed by atoms with van der Waals surface area (Å²) < 4.78 is 0. The van der Waals surface area contributed by atoms with Gasteiger partial charge in [0.1, 0.15) is 0 Å². The molecule has 0 N–H and O–H groups in total. The third-order valence-corrected chi connectivity index (χ3v) is 5.58. The highest BCUT2D eigenvalue weighted by atomic mass is 32.2. The minimum Gasteiger partial charge on any atom is -0.278 e. The average Bonchev–Trinajstić information content (AvgIpc) is 3.01. The number of nitrogens with zero attached hydrogens (tertiary/aromatic N) is 1. The quantitative estimate of drug-likeness (QED) is 0.803. The second-order valence-electron chi connectivity index (χ2n) is 5.72. The van der Waals surface area contributed by atoms with Crippen LogP contribution in [0.3, 0.4) is 0 Å². The molecular formula is C16H19NO2S. The fraction of sp³-hybridized carbons (Fsp3) is 0.500. The number of aryl methyl sites for hydroxylation is 1. The van der Waals surface area contributed by atoms with Crippen molar-refractivity contribution in [3.05, 3.63) is 35.4 Å². The van der Waals surface area contributed by atoms with Gasteiger partial charge in [0, 0.05) is 12.2 Å². The number of carbonyl (C=O) groups is 2. The van der Waals surface area contributed by atoms with E-state index in [-0.39, 0.29) is 17.2 Å². The van der Waals surface area contributed by atoms with Crippen LogP contribution < -0.4 is 0 Å². The van der Waals surface area contributed by atoms with Gasteiger partial charge >= 0.3 is 0 Å². The summed E-state index contributed by atoms with van der Waals surface area (Å²) >= 11 is 1.79. The molecule has 3 rings (SSSR count). The summed E-state index contributed by atoms with van der Waals surface area (Å²) in [5.74, 6) is 1.86. The molecule has 0 aliphatic carbocycles. The summed E-state index contributed by atoms with van der Waals surface area (Å²) in [6.07, 6.45) is 2.23. The van der Waals surface area contributed by atoms with Crippen LogP contribution in [0, 0.1) is 5.41 Å². The Morgan fingerprint density at radius 1 is 1.30 bits per heavy atom. The number of rotatable bonds is 3. The number of carbonyl (C=O) groups excluding carboxylic acids is 2. The second kappa shape index (κ2) is 5.24. The molecule has 1 aromatic rings. The van der Waals surface area contributed by atoms with Crippen LogP contribution in [0.2, 0.25) is 0 Å². The van der Waals surface area contributed by atoms with Gasteiger partial charge in [0.25, 0.3) is 0 Å². The van der Waals surface area contributed by atoms with Crippen LogP contribution in [-0.4, -0.2) is 28.2 Å². The average molecular weight is 289 g/mol. The molecule has 0 radical (unpaired) electrons. The normalized spacial score (nSPS) is 25.9. The smallest absolute Gasteiger partial charge is 0.237 e. The molecule has 2 saturated heterocycles. The molecule has 0 saturated carbocycles. The Labute approximate surface area is 123 Å². The van der Waals surface area contributed by atoms with E-state index in [1.807, 2.05) is 12.1 Å².